The van der Waals surface area contributed by atoms with Gasteiger partial charge in [-0.1, -0.05) is 76.6 Å². The standard InChI is InChI=1S/C26H41F/c1-3-5-6-8-22-9-11-23(12-10-22)24-13-15-25(16-14-24)26(27)19-17-21(7-4-2)18-20-26/h13-16,21-23H,3-12,17-20H2,1-2H3/t21?,22-,23-,26?. The second kappa shape index (κ2) is 10.1. The summed E-state index contributed by atoms with van der Waals surface area (Å²) in [6.45, 7) is 4.54. The minimum Gasteiger partial charge on any atom is -0.239 e. The summed E-state index contributed by atoms with van der Waals surface area (Å²) in [5.74, 6) is 2.42. The minimum atomic E-state index is -1.07. The van der Waals surface area contributed by atoms with Crippen LogP contribution in [0.25, 0.3) is 0 Å². The van der Waals surface area contributed by atoms with Crippen LogP contribution >= 0.6 is 0 Å². The van der Waals surface area contributed by atoms with Crippen LogP contribution in [0.3, 0.4) is 0 Å². The van der Waals surface area contributed by atoms with Gasteiger partial charge < -0.3 is 0 Å². The van der Waals surface area contributed by atoms with Crippen molar-refractivity contribution < 1.29 is 4.39 Å². The Balaban J connectivity index is 1.51. The van der Waals surface area contributed by atoms with Crippen molar-refractivity contribution in [3.05, 3.63) is 35.4 Å². The van der Waals surface area contributed by atoms with E-state index in [1.807, 2.05) is 0 Å². The molecule has 2 aliphatic rings. The number of hydrogen-bond donors (Lipinski definition) is 0. The zero-order chi connectivity index (χ0) is 19.1. The molecule has 152 valence electrons. The lowest BCUT2D eigenvalue weighted by molar-refractivity contribution is 0.0792. The molecule has 0 nitrogen and oxygen atoms in total. The van der Waals surface area contributed by atoms with E-state index in [0.29, 0.717) is 5.92 Å². The van der Waals surface area contributed by atoms with Crippen molar-refractivity contribution in [1.29, 1.82) is 0 Å². The van der Waals surface area contributed by atoms with Crippen LogP contribution in [0.2, 0.25) is 0 Å². The first-order valence-electron chi connectivity index (χ1n) is 11.9. The van der Waals surface area contributed by atoms with Gasteiger partial charge in [0.1, 0.15) is 5.67 Å². The molecule has 0 aliphatic heterocycles. The molecule has 1 aromatic rings. The average molecular weight is 373 g/mol. The fourth-order valence-corrected chi connectivity index (χ4v) is 5.64. The Kier molecular flexibility index (Phi) is 7.79. The van der Waals surface area contributed by atoms with Crippen LogP contribution in [-0.2, 0) is 5.67 Å². The van der Waals surface area contributed by atoms with Crippen molar-refractivity contribution >= 4 is 0 Å². The van der Waals surface area contributed by atoms with Crippen LogP contribution in [0.4, 0.5) is 4.39 Å². The fourth-order valence-electron chi connectivity index (χ4n) is 5.64. The Labute approximate surface area is 167 Å². The van der Waals surface area contributed by atoms with Gasteiger partial charge in [0.25, 0.3) is 0 Å². The molecule has 0 amide bonds. The summed E-state index contributed by atoms with van der Waals surface area (Å²) in [5, 5.41) is 0. The second-order valence-electron chi connectivity index (χ2n) is 9.53. The van der Waals surface area contributed by atoms with Crippen LogP contribution in [0.15, 0.2) is 24.3 Å². The molecule has 2 fully saturated rings. The molecule has 0 radical (unpaired) electrons. The maximum Gasteiger partial charge on any atom is 0.136 e. The predicted molar refractivity (Wildman–Crippen MR) is 115 cm³/mol. The summed E-state index contributed by atoms with van der Waals surface area (Å²) >= 11 is 0. The van der Waals surface area contributed by atoms with E-state index in [1.165, 1.54) is 69.8 Å². The lowest BCUT2D eigenvalue weighted by Gasteiger charge is -2.35. The highest BCUT2D eigenvalue weighted by atomic mass is 19.1. The van der Waals surface area contributed by atoms with Gasteiger partial charge in [0.05, 0.1) is 0 Å². The summed E-state index contributed by atoms with van der Waals surface area (Å²) in [4.78, 5) is 0. The lowest BCUT2D eigenvalue weighted by Crippen LogP contribution is -2.27. The first-order chi connectivity index (χ1) is 13.1. The van der Waals surface area contributed by atoms with Crippen LogP contribution in [0, 0.1) is 11.8 Å². The molecule has 0 atom stereocenters. The maximum absolute atomic E-state index is 15.5. The van der Waals surface area contributed by atoms with E-state index in [-0.39, 0.29) is 0 Å². The Morgan fingerprint density at radius 1 is 0.778 bits per heavy atom. The van der Waals surface area contributed by atoms with E-state index >= 15 is 4.39 Å². The quantitative estimate of drug-likeness (QED) is 0.400. The topological polar surface area (TPSA) is 0 Å². The highest BCUT2D eigenvalue weighted by molar-refractivity contribution is 5.30. The highest BCUT2D eigenvalue weighted by Gasteiger charge is 2.36. The molecule has 3 rings (SSSR count). The van der Waals surface area contributed by atoms with Crippen molar-refractivity contribution in [2.45, 2.75) is 115 Å². The van der Waals surface area contributed by atoms with Gasteiger partial charge in [-0.3, -0.25) is 0 Å². The minimum absolute atomic E-state index is 0.706. The molecule has 1 aromatic carbocycles. The molecular formula is C26H41F. The van der Waals surface area contributed by atoms with E-state index in [2.05, 4.69) is 38.1 Å². The normalized spacial score (nSPS) is 31.7. The Hall–Kier alpha value is -0.850. The summed E-state index contributed by atoms with van der Waals surface area (Å²) < 4.78 is 15.5. The van der Waals surface area contributed by atoms with Gasteiger partial charge in [0.2, 0.25) is 0 Å². The third-order valence-corrected chi connectivity index (χ3v) is 7.56. The van der Waals surface area contributed by atoms with Crippen molar-refractivity contribution in [1.82, 2.24) is 0 Å². The van der Waals surface area contributed by atoms with E-state index < -0.39 is 5.67 Å². The second-order valence-corrected chi connectivity index (χ2v) is 9.53. The zero-order valence-electron chi connectivity index (χ0n) is 17.8. The number of benzene rings is 1. The number of hydrogen-bond acceptors (Lipinski definition) is 0. The summed E-state index contributed by atoms with van der Waals surface area (Å²) in [7, 11) is 0. The van der Waals surface area contributed by atoms with Crippen LogP contribution in [0.1, 0.15) is 121 Å². The monoisotopic (exact) mass is 372 g/mol. The van der Waals surface area contributed by atoms with Crippen molar-refractivity contribution in [2.24, 2.45) is 11.8 Å². The molecule has 0 N–H and O–H groups in total. The van der Waals surface area contributed by atoms with Gasteiger partial charge in [-0.25, -0.2) is 4.39 Å². The first kappa shape index (κ1) is 20.9. The molecule has 0 heterocycles. The third kappa shape index (κ3) is 5.58. The molecular weight excluding hydrogens is 331 g/mol. The molecule has 0 unspecified atom stereocenters. The Morgan fingerprint density at radius 2 is 1.41 bits per heavy atom. The Morgan fingerprint density at radius 3 is 2.00 bits per heavy atom. The van der Waals surface area contributed by atoms with E-state index in [1.54, 1.807) is 0 Å². The van der Waals surface area contributed by atoms with Gasteiger partial charge in [0.15, 0.2) is 0 Å². The molecule has 1 heteroatoms. The Bertz CT molecular complexity index is 530. The summed E-state index contributed by atoms with van der Waals surface area (Å²) in [6, 6.07) is 8.72. The predicted octanol–water partition coefficient (Wildman–Crippen LogP) is 8.70. The van der Waals surface area contributed by atoms with Crippen molar-refractivity contribution in [3.63, 3.8) is 0 Å². The number of alkyl halides is 1. The molecule has 27 heavy (non-hydrogen) atoms. The summed E-state index contributed by atoms with van der Waals surface area (Å²) in [6.07, 6.45) is 17.1. The number of unbranched alkanes of at least 4 members (excludes halogenated alkanes) is 2. The summed E-state index contributed by atoms with van der Waals surface area (Å²) in [5.41, 5.74) is 1.32. The molecule has 2 saturated carbocycles. The van der Waals surface area contributed by atoms with E-state index in [0.717, 1.165) is 43.1 Å². The van der Waals surface area contributed by atoms with Crippen LogP contribution < -0.4 is 0 Å². The molecule has 0 spiro atoms. The smallest absolute Gasteiger partial charge is 0.136 e. The lowest BCUT2D eigenvalue weighted by atomic mass is 9.74. The van der Waals surface area contributed by atoms with Gasteiger partial charge in [-0.2, -0.15) is 0 Å². The molecule has 0 saturated heterocycles. The SMILES string of the molecule is CCCCC[C@H]1CC[C@H](c2ccc(C3(F)CCC(CCC)CC3)cc2)CC1. The number of rotatable bonds is 8. The first-order valence-corrected chi connectivity index (χ1v) is 11.9. The maximum atomic E-state index is 15.5. The van der Waals surface area contributed by atoms with Gasteiger partial charge >= 0.3 is 0 Å². The molecule has 2 aliphatic carbocycles. The van der Waals surface area contributed by atoms with Crippen molar-refractivity contribution in [3.8, 4) is 0 Å². The van der Waals surface area contributed by atoms with Gasteiger partial charge in [-0.15, -0.1) is 0 Å². The average Bonchev–Trinajstić information content (AvgIpc) is 2.71. The van der Waals surface area contributed by atoms with Gasteiger partial charge in [0, 0.05) is 0 Å². The molecule has 0 bridgehead atoms. The van der Waals surface area contributed by atoms with Crippen LogP contribution in [-0.4, -0.2) is 0 Å². The third-order valence-electron chi connectivity index (χ3n) is 7.56. The largest absolute Gasteiger partial charge is 0.239 e. The highest BCUT2D eigenvalue weighted by Crippen LogP contribution is 2.45. The van der Waals surface area contributed by atoms with Crippen molar-refractivity contribution in [2.75, 3.05) is 0 Å². The molecule has 0 aromatic heterocycles. The van der Waals surface area contributed by atoms with E-state index in [4.69, 9.17) is 0 Å². The van der Waals surface area contributed by atoms with E-state index in [9.17, 15) is 0 Å². The fraction of sp³-hybridized carbons (Fsp3) is 0.769. The zero-order valence-corrected chi connectivity index (χ0v) is 17.8. The van der Waals surface area contributed by atoms with Crippen LogP contribution in [0.5, 0.6) is 0 Å². The van der Waals surface area contributed by atoms with Gasteiger partial charge in [-0.05, 0) is 80.2 Å². The number of halogens is 1.